The van der Waals surface area contributed by atoms with Gasteiger partial charge in [-0.3, -0.25) is 0 Å². The number of allylic oxidation sites excluding steroid dienone is 1. The predicted molar refractivity (Wildman–Crippen MR) is 52.3 cm³/mol. The van der Waals surface area contributed by atoms with E-state index in [2.05, 4.69) is 15.9 Å². The van der Waals surface area contributed by atoms with Crippen molar-refractivity contribution in [3.63, 3.8) is 0 Å². The second kappa shape index (κ2) is 4.07. The van der Waals surface area contributed by atoms with E-state index in [0.29, 0.717) is 4.48 Å². The van der Waals surface area contributed by atoms with Crippen molar-refractivity contribution in [2.24, 2.45) is 0 Å². The fourth-order valence-corrected chi connectivity index (χ4v) is 1.37. The molecule has 13 heavy (non-hydrogen) atoms. The zero-order valence-electron chi connectivity index (χ0n) is 7.45. The molecular weight excluding hydrogens is 236 g/mol. The lowest BCUT2D eigenvalue weighted by Gasteiger charge is -2.16. The SMILES string of the molecule is C/C=C(\C)[C@@H](O)[C@H]1C=C(Br)C(=O)O1. The summed E-state index contributed by atoms with van der Waals surface area (Å²) in [4.78, 5) is 10.9. The zero-order chi connectivity index (χ0) is 10.0. The molecule has 4 heteroatoms. The lowest BCUT2D eigenvalue weighted by atomic mass is 10.1. The van der Waals surface area contributed by atoms with Crippen molar-refractivity contribution >= 4 is 21.9 Å². The Balaban J connectivity index is 2.72. The summed E-state index contributed by atoms with van der Waals surface area (Å²) in [7, 11) is 0. The molecule has 0 radical (unpaired) electrons. The zero-order valence-corrected chi connectivity index (χ0v) is 9.04. The Kier molecular flexibility index (Phi) is 3.27. The molecule has 1 N–H and O–H groups in total. The van der Waals surface area contributed by atoms with Crippen LogP contribution < -0.4 is 0 Å². The van der Waals surface area contributed by atoms with Crippen LogP contribution in [-0.4, -0.2) is 23.3 Å². The van der Waals surface area contributed by atoms with Crippen LogP contribution in [0.5, 0.6) is 0 Å². The maximum absolute atomic E-state index is 10.9. The van der Waals surface area contributed by atoms with Crippen LogP contribution in [0.25, 0.3) is 0 Å². The molecular formula is C9H11BrO3. The molecule has 0 aliphatic carbocycles. The Morgan fingerprint density at radius 3 is 2.85 bits per heavy atom. The largest absolute Gasteiger partial charge is 0.451 e. The summed E-state index contributed by atoms with van der Waals surface area (Å²) in [5.41, 5.74) is 0.788. The minimum Gasteiger partial charge on any atom is -0.451 e. The van der Waals surface area contributed by atoms with Crippen molar-refractivity contribution < 1.29 is 14.6 Å². The van der Waals surface area contributed by atoms with E-state index in [1.54, 1.807) is 19.1 Å². The van der Waals surface area contributed by atoms with Gasteiger partial charge in [-0.05, 0) is 41.4 Å². The van der Waals surface area contributed by atoms with Gasteiger partial charge in [-0.15, -0.1) is 0 Å². The van der Waals surface area contributed by atoms with E-state index in [1.807, 2.05) is 6.92 Å². The van der Waals surface area contributed by atoms with Crippen molar-refractivity contribution in [2.75, 3.05) is 0 Å². The predicted octanol–water partition coefficient (Wildman–Crippen LogP) is 1.52. The molecule has 0 bridgehead atoms. The Morgan fingerprint density at radius 1 is 1.85 bits per heavy atom. The fraction of sp³-hybridized carbons (Fsp3) is 0.444. The molecule has 0 spiro atoms. The van der Waals surface area contributed by atoms with Crippen LogP contribution in [0.2, 0.25) is 0 Å². The van der Waals surface area contributed by atoms with E-state index in [1.165, 1.54) is 0 Å². The summed E-state index contributed by atoms with van der Waals surface area (Å²) in [5, 5.41) is 9.64. The normalized spacial score (nSPS) is 25.5. The van der Waals surface area contributed by atoms with Gasteiger partial charge in [-0.1, -0.05) is 6.08 Å². The Bertz CT molecular complexity index is 281. The number of carbonyl (C=O) groups excluding carboxylic acids is 1. The van der Waals surface area contributed by atoms with Gasteiger partial charge in [0, 0.05) is 0 Å². The van der Waals surface area contributed by atoms with Crippen molar-refractivity contribution in [1.82, 2.24) is 0 Å². The van der Waals surface area contributed by atoms with E-state index in [-0.39, 0.29) is 0 Å². The Labute approximate surface area is 85.2 Å². The van der Waals surface area contributed by atoms with E-state index in [0.717, 1.165) is 5.57 Å². The van der Waals surface area contributed by atoms with Gasteiger partial charge in [-0.25, -0.2) is 4.79 Å². The van der Waals surface area contributed by atoms with Crippen LogP contribution in [0.3, 0.4) is 0 Å². The standard InChI is InChI=1S/C9H11BrO3/c1-3-5(2)8(11)7-4-6(10)9(12)13-7/h3-4,7-8,11H,1-2H3/b5-3+/t7-,8-/m1/s1. The van der Waals surface area contributed by atoms with Gasteiger partial charge in [0.2, 0.25) is 0 Å². The molecule has 0 aromatic rings. The van der Waals surface area contributed by atoms with Crippen LogP contribution >= 0.6 is 15.9 Å². The average molecular weight is 247 g/mol. The summed E-state index contributed by atoms with van der Waals surface area (Å²) in [6, 6.07) is 0. The number of hydrogen-bond donors (Lipinski definition) is 1. The Hall–Kier alpha value is -0.610. The average Bonchev–Trinajstić information content (AvgIpc) is 2.44. The topological polar surface area (TPSA) is 46.5 Å². The highest BCUT2D eigenvalue weighted by atomic mass is 79.9. The van der Waals surface area contributed by atoms with Crippen LogP contribution in [-0.2, 0) is 9.53 Å². The molecule has 3 nitrogen and oxygen atoms in total. The summed E-state index contributed by atoms with van der Waals surface area (Å²) in [5.74, 6) is -0.423. The molecule has 0 saturated heterocycles. The monoisotopic (exact) mass is 246 g/mol. The number of aliphatic hydroxyl groups excluding tert-OH is 1. The maximum Gasteiger partial charge on any atom is 0.345 e. The molecule has 1 heterocycles. The maximum atomic E-state index is 10.9. The van der Waals surface area contributed by atoms with E-state index in [4.69, 9.17) is 4.74 Å². The number of halogens is 1. The summed E-state index contributed by atoms with van der Waals surface area (Å²) >= 11 is 3.04. The molecule has 1 rings (SSSR count). The first kappa shape index (κ1) is 10.5. The van der Waals surface area contributed by atoms with Crippen molar-refractivity contribution in [3.05, 3.63) is 22.2 Å². The number of cyclic esters (lactones) is 1. The van der Waals surface area contributed by atoms with E-state index < -0.39 is 18.2 Å². The highest BCUT2D eigenvalue weighted by molar-refractivity contribution is 9.12. The van der Waals surface area contributed by atoms with Gasteiger partial charge in [-0.2, -0.15) is 0 Å². The van der Waals surface area contributed by atoms with Gasteiger partial charge in [0.1, 0.15) is 10.6 Å². The lowest BCUT2D eigenvalue weighted by molar-refractivity contribution is -0.141. The third-order valence-corrected chi connectivity index (χ3v) is 2.57. The van der Waals surface area contributed by atoms with Crippen LogP contribution in [0.1, 0.15) is 13.8 Å². The number of rotatable bonds is 2. The molecule has 0 aromatic carbocycles. The lowest BCUT2D eigenvalue weighted by Crippen LogP contribution is -2.26. The van der Waals surface area contributed by atoms with Gasteiger partial charge in [0.05, 0.1) is 0 Å². The molecule has 72 valence electrons. The molecule has 1 aliphatic heterocycles. The molecule has 0 fully saturated rings. The quantitative estimate of drug-likeness (QED) is 0.594. The molecule has 0 aromatic heterocycles. The molecule has 0 saturated carbocycles. The highest BCUT2D eigenvalue weighted by Crippen LogP contribution is 2.23. The van der Waals surface area contributed by atoms with Crippen LogP contribution in [0.15, 0.2) is 22.2 Å². The second-order valence-corrected chi connectivity index (χ2v) is 3.72. The first-order chi connectivity index (χ1) is 6.06. The van der Waals surface area contributed by atoms with Crippen molar-refractivity contribution in [2.45, 2.75) is 26.1 Å². The van der Waals surface area contributed by atoms with Crippen molar-refractivity contribution in [1.29, 1.82) is 0 Å². The molecule has 1 aliphatic rings. The Morgan fingerprint density at radius 2 is 2.46 bits per heavy atom. The summed E-state index contributed by atoms with van der Waals surface area (Å²) in [6.45, 7) is 3.62. The number of ether oxygens (including phenoxy) is 1. The minimum atomic E-state index is -0.746. The highest BCUT2D eigenvalue weighted by Gasteiger charge is 2.29. The number of esters is 1. The molecule has 0 unspecified atom stereocenters. The van der Waals surface area contributed by atoms with Gasteiger partial charge in [0.25, 0.3) is 0 Å². The summed E-state index contributed by atoms with van der Waals surface area (Å²) in [6.07, 6.45) is 2.06. The number of carbonyl (C=O) groups is 1. The fourth-order valence-electron chi connectivity index (χ4n) is 1.01. The third kappa shape index (κ3) is 2.19. The smallest absolute Gasteiger partial charge is 0.345 e. The van der Waals surface area contributed by atoms with Crippen LogP contribution in [0.4, 0.5) is 0 Å². The van der Waals surface area contributed by atoms with E-state index >= 15 is 0 Å². The third-order valence-electron chi connectivity index (χ3n) is 1.98. The summed E-state index contributed by atoms with van der Waals surface area (Å²) < 4.78 is 5.26. The minimum absolute atomic E-state index is 0.375. The van der Waals surface area contributed by atoms with Gasteiger partial charge in [0.15, 0.2) is 6.10 Å². The molecule has 0 amide bonds. The molecule has 2 atom stereocenters. The van der Waals surface area contributed by atoms with E-state index in [9.17, 15) is 9.90 Å². The second-order valence-electron chi connectivity index (χ2n) is 2.86. The van der Waals surface area contributed by atoms with Gasteiger partial charge < -0.3 is 9.84 Å². The van der Waals surface area contributed by atoms with Crippen molar-refractivity contribution in [3.8, 4) is 0 Å². The first-order valence-electron chi connectivity index (χ1n) is 3.95. The number of aliphatic hydroxyl groups is 1. The van der Waals surface area contributed by atoms with Crippen LogP contribution in [0, 0.1) is 0 Å². The first-order valence-corrected chi connectivity index (χ1v) is 4.74. The van der Waals surface area contributed by atoms with Gasteiger partial charge >= 0.3 is 5.97 Å². The number of hydrogen-bond acceptors (Lipinski definition) is 3.